The van der Waals surface area contributed by atoms with Gasteiger partial charge in [0.05, 0.1) is 0 Å². The molecule has 3 aromatic rings. The number of nitrogens with zero attached hydrogens (tertiary/aromatic N) is 2. The van der Waals surface area contributed by atoms with E-state index in [1.807, 2.05) is 12.1 Å². The number of carbonyl (C=O) groups excluding carboxylic acids is 2. The summed E-state index contributed by atoms with van der Waals surface area (Å²) in [6.07, 6.45) is 3.12. The zero-order valence-electron chi connectivity index (χ0n) is 13.6. The standard InChI is InChI=1S/C19H15BrN4O2/c20-14-7-8-15(24-19(26)17-6-2-4-10-22-17)13(11-14)12-23-18(25)16-5-1-3-9-21-16/h1-11H,12H2,(H,23,25)(H,24,26). The van der Waals surface area contributed by atoms with Crippen LogP contribution in [0.5, 0.6) is 0 Å². The lowest BCUT2D eigenvalue weighted by Crippen LogP contribution is -2.24. The van der Waals surface area contributed by atoms with Gasteiger partial charge < -0.3 is 10.6 Å². The van der Waals surface area contributed by atoms with Gasteiger partial charge in [0.15, 0.2) is 0 Å². The Morgan fingerprint density at radius 2 is 1.54 bits per heavy atom. The van der Waals surface area contributed by atoms with Crippen molar-refractivity contribution in [2.45, 2.75) is 6.54 Å². The van der Waals surface area contributed by atoms with Gasteiger partial charge in [0.2, 0.25) is 0 Å². The Morgan fingerprint density at radius 3 is 2.15 bits per heavy atom. The second-order valence-electron chi connectivity index (χ2n) is 5.37. The average Bonchev–Trinajstić information content (AvgIpc) is 2.69. The smallest absolute Gasteiger partial charge is 0.274 e. The van der Waals surface area contributed by atoms with Gasteiger partial charge in [-0.2, -0.15) is 0 Å². The fourth-order valence-corrected chi connectivity index (χ4v) is 2.69. The van der Waals surface area contributed by atoms with Crippen LogP contribution in [-0.4, -0.2) is 21.8 Å². The van der Waals surface area contributed by atoms with Crippen LogP contribution in [0.1, 0.15) is 26.5 Å². The number of pyridine rings is 2. The molecule has 0 saturated heterocycles. The first-order valence-electron chi connectivity index (χ1n) is 7.83. The molecule has 2 aromatic heterocycles. The summed E-state index contributed by atoms with van der Waals surface area (Å²) in [5.74, 6) is -0.599. The summed E-state index contributed by atoms with van der Waals surface area (Å²) >= 11 is 3.41. The number of hydrogen-bond donors (Lipinski definition) is 2. The van der Waals surface area contributed by atoms with Crippen molar-refractivity contribution in [1.82, 2.24) is 15.3 Å². The number of hydrogen-bond acceptors (Lipinski definition) is 4. The molecular weight excluding hydrogens is 396 g/mol. The van der Waals surface area contributed by atoms with E-state index in [1.54, 1.807) is 54.9 Å². The molecule has 2 amide bonds. The summed E-state index contributed by atoms with van der Waals surface area (Å²) in [6, 6.07) is 15.7. The maximum atomic E-state index is 12.3. The Bertz CT molecular complexity index is 917. The summed E-state index contributed by atoms with van der Waals surface area (Å²) in [4.78, 5) is 32.6. The zero-order valence-corrected chi connectivity index (χ0v) is 15.2. The molecule has 26 heavy (non-hydrogen) atoms. The number of rotatable bonds is 5. The number of nitrogens with one attached hydrogen (secondary N) is 2. The SMILES string of the molecule is O=C(NCc1cc(Br)ccc1NC(=O)c1ccccn1)c1ccccn1. The zero-order chi connectivity index (χ0) is 18.4. The summed E-state index contributed by atoms with van der Waals surface area (Å²) in [7, 11) is 0. The van der Waals surface area contributed by atoms with Crippen LogP contribution in [0.2, 0.25) is 0 Å². The number of aromatic nitrogens is 2. The molecule has 0 spiro atoms. The first-order valence-corrected chi connectivity index (χ1v) is 8.63. The summed E-state index contributed by atoms with van der Waals surface area (Å²) in [5, 5.41) is 5.64. The number of anilines is 1. The van der Waals surface area contributed by atoms with Crippen molar-refractivity contribution in [2.24, 2.45) is 0 Å². The van der Waals surface area contributed by atoms with Crippen LogP contribution in [0, 0.1) is 0 Å². The first kappa shape index (κ1) is 17.8. The lowest BCUT2D eigenvalue weighted by Gasteiger charge is -2.12. The van der Waals surface area contributed by atoms with E-state index in [0.29, 0.717) is 17.1 Å². The summed E-state index contributed by atoms with van der Waals surface area (Å²) < 4.78 is 0.843. The van der Waals surface area contributed by atoms with Gasteiger partial charge in [0.1, 0.15) is 11.4 Å². The number of amides is 2. The highest BCUT2D eigenvalue weighted by Gasteiger charge is 2.12. The molecule has 6 nitrogen and oxygen atoms in total. The van der Waals surface area contributed by atoms with E-state index in [-0.39, 0.29) is 18.4 Å². The predicted molar refractivity (Wildman–Crippen MR) is 102 cm³/mol. The Balaban J connectivity index is 1.74. The van der Waals surface area contributed by atoms with Crippen LogP contribution in [-0.2, 0) is 6.54 Å². The topological polar surface area (TPSA) is 84.0 Å². The molecule has 0 aliphatic carbocycles. The normalized spacial score (nSPS) is 10.2. The van der Waals surface area contributed by atoms with Crippen LogP contribution in [0.4, 0.5) is 5.69 Å². The molecule has 1 aromatic carbocycles. The van der Waals surface area contributed by atoms with Crippen LogP contribution >= 0.6 is 15.9 Å². The molecule has 0 bridgehead atoms. The monoisotopic (exact) mass is 410 g/mol. The molecule has 0 unspecified atom stereocenters. The van der Waals surface area contributed by atoms with Gasteiger partial charge in [-0.05, 0) is 48.0 Å². The van der Waals surface area contributed by atoms with Crippen molar-refractivity contribution in [3.05, 3.63) is 88.4 Å². The molecule has 2 heterocycles. The van der Waals surface area contributed by atoms with Gasteiger partial charge in [-0.1, -0.05) is 28.1 Å². The molecular formula is C19H15BrN4O2. The Morgan fingerprint density at radius 1 is 0.885 bits per heavy atom. The molecule has 0 aliphatic heterocycles. The molecule has 0 atom stereocenters. The molecule has 0 saturated carbocycles. The van der Waals surface area contributed by atoms with Gasteiger partial charge >= 0.3 is 0 Å². The third-order valence-corrected chi connectivity index (χ3v) is 4.04. The van der Waals surface area contributed by atoms with Crippen molar-refractivity contribution < 1.29 is 9.59 Å². The molecule has 3 rings (SSSR count). The lowest BCUT2D eigenvalue weighted by atomic mass is 10.1. The van der Waals surface area contributed by atoms with Crippen molar-refractivity contribution >= 4 is 33.4 Å². The third-order valence-electron chi connectivity index (χ3n) is 3.55. The summed E-state index contributed by atoms with van der Waals surface area (Å²) in [5.41, 5.74) is 2.01. The van der Waals surface area contributed by atoms with Crippen LogP contribution in [0.25, 0.3) is 0 Å². The molecule has 2 N–H and O–H groups in total. The summed E-state index contributed by atoms with van der Waals surface area (Å²) in [6.45, 7) is 0.243. The Hall–Kier alpha value is -3.06. The van der Waals surface area contributed by atoms with E-state index >= 15 is 0 Å². The second-order valence-corrected chi connectivity index (χ2v) is 6.28. The largest absolute Gasteiger partial charge is 0.347 e. The van der Waals surface area contributed by atoms with E-state index < -0.39 is 0 Å². The molecule has 0 aliphatic rings. The highest BCUT2D eigenvalue weighted by molar-refractivity contribution is 9.10. The van der Waals surface area contributed by atoms with E-state index in [4.69, 9.17) is 0 Å². The van der Waals surface area contributed by atoms with Crippen molar-refractivity contribution in [3.63, 3.8) is 0 Å². The number of carbonyl (C=O) groups is 2. The van der Waals surface area contributed by atoms with Crippen LogP contribution in [0.15, 0.2) is 71.5 Å². The Labute approximate surface area is 158 Å². The first-order chi connectivity index (χ1) is 12.6. The van der Waals surface area contributed by atoms with Gasteiger partial charge in [-0.3, -0.25) is 19.6 Å². The quantitative estimate of drug-likeness (QED) is 0.674. The molecule has 0 fully saturated rings. The third kappa shape index (κ3) is 4.52. The van der Waals surface area contributed by atoms with Crippen molar-refractivity contribution in [3.8, 4) is 0 Å². The van der Waals surface area contributed by atoms with E-state index in [0.717, 1.165) is 10.0 Å². The lowest BCUT2D eigenvalue weighted by molar-refractivity contribution is 0.0945. The van der Waals surface area contributed by atoms with Gasteiger partial charge in [0, 0.05) is 29.1 Å². The maximum absolute atomic E-state index is 12.3. The van der Waals surface area contributed by atoms with Gasteiger partial charge in [-0.25, -0.2) is 0 Å². The second kappa shape index (κ2) is 8.35. The average molecular weight is 411 g/mol. The Kier molecular flexibility index (Phi) is 5.70. The highest BCUT2D eigenvalue weighted by atomic mass is 79.9. The number of benzene rings is 1. The van der Waals surface area contributed by atoms with E-state index in [1.165, 1.54) is 0 Å². The fraction of sp³-hybridized carbons (Fsp3) is 0.0526. The van der Waals surface area contributed by atoms with Crippen molar-refractivity contribution in [2.75, 3.05) is 5.32 Å². The minimum atomic E-state index is -0.315. The van der Waals surface area contributed by atoms with Gasteiger partial charge in [0.25, 0.3) is 11.8 Å². The van der Waals surface area contributed by atoms with E-state index in [9.17, 15) is 9.59 Å². The molecule has 130 valence electrons. The number of halogens is 1. The highest BCUT2D eigenvalue weighted by Crippen LogP contribution is 2.21. The fourth-order valence-electron chi connectivity index (χ4n) is 2.28. The van der Waals surface area contributed by atoms with Gasteiger partial charge in [-0.15, -0.1) is 0 Å². The minimum Gasteiger partial charge on any atom is -0.347 e. The minimum absolute atomic E-state index is 0.243. The van der Waals surface area contributed by atoms with Crippen LogP contribution < -0.4 is 10.6 Å². The van der Waals surface area contributed by atoms with E-state index in [2.05, 4.69) is 36.5 Å². The van der Waals surface area contributed by atoms with Crippen LogP contribution in [0.3, 0.4) is 0 Å². The predicted octanol–water partition coefficient (Wildman–Crippen LogP) is 3.42. The van der Waals surface area contributed by atoms with Crippen molar-refractivity contribution in [1.29, 1.82) is 0 Å². The molecule has 7 heteroatoms. The molecule has 0 radical (unpaired) electrons. The maximum Gasteiger partial charge on any atom is 0.274 e.